The van der Waals surface area contributed by atoms with Crippen LogP contribution >= 0.6 is 0 Å². The number of hydrogen-bond acceptors (Lipinski definition) is 6. The Bertz CT molecular complexity index is 900. The zero-order chi connectivity index (χ0) is 22.1. The number of rotatable bonds is 11. The second-order valence-electron chi connectivity index (χ2n) is 7.09. The summed E-state index contributed by atoms with van der Waals surface area (Å²) in [5, 5.41) is 12.2. The number of benzene rings is 2. The van der Waals surface area contributed by atoms with Crippen molar-refractivity contribution in [1.29, 1.82) is 0 Å². The van der Waals surface area contributed by atoms with Gasteiger partial charge in [0.15, 0.2) is 0 Å². The molecule has 1 heterocycles. The van der Waals surface area contributed by atoms with Crippen LogP contribution in [0.25, 0.3) is 0 Å². The molecule has 0 saturated carbocycles. The maximum atomic E-state index is 14.0. The first kappa shape index (κ1) is 22.5. The van der Waals surface area contributed by atoms with Gasteiger partial charge >= 0.3 is 0 Å². The fraction of sp³-hybridized carbons (Fsp3) is 0.292. The summed E-state index contributed by atoms with van der Waals surface area (Å²) in [6.07, 6.45) is 1.24. The lowest BCUT2D eigenvalue weighted by molar-refractivity contribution is 0.292. The average molecular weight is 426 g/mol. The van der Waals surface area contributed by atoms with Gasteiger partial charge in [0.25, 0.3) is 0 Å². The highest BCUT2D eigenvalue weighted by atomic mass is 19.1. The van der Waals surface area contributed by atoms with E-state index in [0.29, 0.717) is 32.0 Å². The number of nitrogens with zero attached hydrogens (tertiary/aromatic N) is 2. The number of nitrogens with one attached hydrogen (secondary N) is 1. The number of halogens is 1. The molecular weight excluding hydrogens is 397 g/mol. The topological polar surface area (TPSA) is 66.9 Å². The van der Waals surface area contributed by atoms with Crippen LogP contribution in [0.2, 0.25) is 0 Å². The molecule has 0 fully saturated rings. The molecule has 1 aromatic heterocycles. The first-order chi connectivity index (χ1) is 15.1. The zero-order valence-electron chi connectivity index (χ0n) is 17.8. The quantitative estimate of drug-likeness (QED) is 0.458. The van der Waals surface area contributed by atoms with Crippen LogP contribution in [0.15, 0.2) is 60.8 Å². The van der Waals surface area contributed by atoms with Crippen LogP contribution < -0.4 is 19.7 Å². The highest BCUT2D eigenvalue weighted by molar-refractivity contribution is 5.49. The molecule has 2 N–H and O–H groups in total. The number of hydrogen-bond donors (Lipinski definition) is 2. The van der Waals surface area contributed by atoms with Gasteiger partial charge in [-0.3, -0.25) is 0 Å². The second kappa shape index (κ2) is 11.3. The van der Waals surface area contributed by atoms with Crippen LogP contribution in [0.3, 0.4) is 0 Å². The van der Waals surface area contributed by atoms with Crippen LogP contribution in [0.5, 0.6) is 11.5 Å². The van der Waals surface area contributed by atoms with Crippen molar-refractivity contribution in [1.82, 2.24) is 10.3 Å². The monoisotopic (exact) mass is 425 g/mol. The fourth-order valence-electron chi connectivity index (χ4n) is 3.30. The van der Waals surface area contributed by atoms with Crippen molar-refractivity contribution in [3.8, 4) is 11.5 Å². The van der Waals surface area contributed by atoms with Gasteiger partial charge in [0.1, 0.15) is 23.1 Å². The number of anilines is 1. The highest BCUT2D eigenvalue weighted by Gasteiger charge is 2.16. The van der Waals surface area contributed by atoms with Crippen molar-refractivity contribution < 1.29 is 19.0 Å². The van der Waals surface area contributed by atoms with Crippen molar-refractivity contribution in [3.05, 3.63) is 83.3 Å². The average Bonchev–Trinajstić information content (AvgIpc) is 2.80. The zero-order valence-corrected chi connectivity index (χ0v) is 17.8. The summed E-state index contributed by atoms with van der Waals surface area (Å²) in [6, 6.07) is 17.2. The molecule has 0 saturated heterocycles. The van der Waals surface area contributed by atoms with E-state index < -0.39 is 5.82 Å². The standard InChI is InChI=1S/C24H28FN3O3/c1-30-22-7-3-18(4-8-22)16-28(17-19-5-9-23(31-2)10-6-19)24-20(14-26-11-12-29)13-21(25)15-27-24/h3-10,13,15,26,29H,11-12,14,16-17H2,1-2H3. The van der Waals surface area contributed by atoms with E-state index in [-0.39, 0.29) is 6.61 Å². The largest absolute Gasteiger partial charge is 0.497 e. The predicted molar refractivity (Wildman–Crippen MR) is 119 cm³/mol. The van der Waals surface area contributed by atoms with Crippen molar-refractivity contribution in [2.45, 2.75) is 19.6 Å². The van der Waals surface area contributed by atoms with Gasteiger partial charge < -0.3 is 24.8 Å². The molecule has 0 bridgehead atoms. The first-order valence-corrected chi connectivity index (χ1v) is 10.1. The molecule has 0 amide bonds. The van der Waals surface area contributed by atoms with Gasteiger partial charge in [-0.05, 0) is 41.5 Å². The Morgan fingerprint density at radius 3 is 1.97 bits per heavy atom. The summed E-state index contributed by atoms with van der Waals surface area (Å²) in [7, 11) is 3.28. The van der Waals surface area contributed by atoms with Crippen LogP contribution in [-0.2, 0) is 19.6 Å². The van der Waals surface area contributed by atoms with E-state index in [1.165, 1.54) is 12.3 Å². The number of aromatic nitrogens is 1. The Morgan fingerprint density at radius 1 is 0.935 bits per heavy atom. The molecule has 0 aliphatic heterocycles. The highest BCUT2D eigenvalue weighted by Crippen LogP contribution is 2.25. The smallest absolute Gasteiger partial charge is 0.141 e. The Labute approximate surface area is 182 Å². The third kappa shape index (κ3) is 6.41. The molecule has 3 rings (SSSR count). The summed E-state index contributed by atoms with van der Waals surface area (Å²) in [4.78, 5) is 6.53. The van der Waals surface area contributed by atoms with Gasteiger partial charge in [-0.25, -0.2) is 9.37 Å². The van der Waals surface area contributed by atoms with E-state index in [9.17, 15) is 4.39 Å². The molecule has 0 unspecified atom stereocenters. The Balaban J connectivity index is 1.91. The lowest BCUT2D eigenvalue weighted by Crippen LogP contribution is -2.26. The molecule has 0 atom stereocenters. The summed E-state index contributed by atoms with van der Waals surface area (Å²) in [5.74, 6) is 1.88. The van der Waals surface area contributed by atoms with Crippen molar-refractivity contribution in [2.75, 3.05) is 32.3 Å². The van der Waals surface area contributed by atoms with Gasteiger partial charge in [0.05, 0.1) is 27.0 Å². The minimum Gasteiger partial charge on any atom is -0.497 e. The second-order valence-corrected chi connectivity index (χ2v) is 7.09. The molecule has 2 aromatic carbocycles. The summed E-state index contributed by atoms with van der Waals surface area (Å²) in [5.41, 5.74) is 2.89. The number of methoxy groups -OCH3 is 2. The third-order valence-electron chi connectivity index (χ3n) is 4.88. The van der Waals surface area contributed by atoms with E-state index in [0.717, 1.165) is 28.2 Å². The first-order valence-electron chi connectivity index (χ1n) is 10.1. The molecule has 0 aliphatic rings. The minimum absolute atomic E-state index is 0.0134. The number of ether oxygens (including phenoxy) is 2. The van der Waals surface area contributed by atoms with E-state index in [1.807, 2.05) is 48.5 Å². The van der Waals surface area contributed by atoms with E-state index in [4.69, 9.17) is 14.6 Å². The molecule has 0 aliphatic carbocycles. The number of pyridine rings is 1. The van der Waals surface area contributed by atoms with Crippen LogP contribution in [0.4, 0.5) is 10.2 Å². The molecule has 6 nitrogen and oxygen atoms in total. The van der Waals surface area contributed by atoms with Gasteiger partial charge in [-0.2, -0.15) is 0 Å². The molecule has 3 aromatic rings. The number of aliphatic hydroxyl groups excluding tert-OH is 1. The Morgan fingerprint density at radius 2 is 1.48 bits per heavy atom. The van der Waals surface area contributed by atoms with E-state index >= 15 is 0 Å². The van der Waals surface area contributed by atoms with Gasteiger partial charge in [-0.1, -0.05) is 24.3 Å². The van der Waals surface area contributed by atoms with Gasteiger partial charge in [-0.15, -0.1) is 0 Å². The summed E-state index contributed by atoms with van der Waals surface area (Å²) >= 11 is 0. The van der Waals surface area contributed by atoms with Crippen LogP contribution in [-0.4, -0.2) is 37.5 Å². The Hall–Kier alpha value is -3.16. The molecular formula is C24H28FN3O3. The molecule has 7 heteroatoms. The fourth-order valence-corrected chi connectivity index (χ4v) is 3.30. The van der Waals surface area contributed by atoms with Gasteiger partial charge in [0, 0.05) is 31.7 Å². The third-order valence-corrected chi connectivity index (χ3v) is 4.88. The van der Waals surface area contributed by atoms with Crippen LogP contribution in [0.1, 0.15) is 16.7 Å². The van der Waals surface area contributed by atoms with Crippen LogP contribution in [0, 0.1) is 5.82 Å². The minimum atomic E-state index is -0.390. The predicted octanol–water partition coefficient (Wildman–Crippen LogP) is 3.53. The van der Waals surface area contributed by atoms with E-state index in [1.54, 1.807) is 14.2 Å². The molecule has 0 spiro atoms. The van der Waals surface area contributed by atoms with Crippen molar-refractivity contribution in [2.24, 2.45) is 0 Å². The normalized spacial score (nSPS) is 10.7. The molecule has 31 heavy (non-hydrogen) atoms. The van der Waals surface area contributed by atoms with Crippen molar-refractivity contribution >= 4 is 5.82 Å². The van der Waals surface area contributed by atoms with Crippen molar-refractivity contribution in [3.63, 3.8) is 0 Å². The molecule has 164 valence electrons. The lowest BCUT2D eigenvalue weighted by atomic mass is 10.1. The lowest BCUT2D eigenvalue weighted by Gasteiger charge is -2.27. The molecule has 0 radical (unpaired) electrons. The van der Waals surface area contributed by atoms with Gasteiger partial charge in [0.2, 0.25) is 0 Å². The Kier molecular flexibility index (Phi) is 8.20. The maximum absolute atomic E-state index is 14.0. The number of aliphatic hydroxyl groups is 1. The SMILES string of the molecule is COc1ccc(CN(Cc2ccc(OC)cc2)c2ncc(F)cc2CNCCO)cc1. The maximum Gasteiger partial charge on any atom is 0.141 e. The summed E-state index contributed by atoms with van der Waals surface area (Å²) in [6.45, 7) is 2.01. The summed E-state index contributed by atoms with van der Waals surface area (Å²) < 4.78 is 24.5. The van der Waals surface area contributed by atoms with E-state index in [2.05, 4.69) is 15.2 Å².